The first-order chi connectivity index (χ1) is 9.90. The lowest BCUT2D eigenvalue weighted by Crippen LogP contribution is -2.16. The largest absolute Gasteiger partial charge is 0.491 e. The molecule has 0 saturated carbocycles. The first kappa shape index (κ1) is 15.7. The van der Waals surface area contributed by atoms with Crippen LogP contribution >= 0.6 is 11.6 Å². The Hall–Kier alpha value is -1.67. The molecule has 0 saturated heterocycles. The molecule has 0 amide bonds. The number of nitriles is 1. The van der Waals surface area contributed by atoms with Crippen molar-refractivity contribution >= 4 is 17.2 Å². The van der Waals surface area contributed by atoms with E-state index >= 15 is 0 Å². The van der Waals surface area contributed by atoms with Crippen molar-refractivity contribution in [1.29, 1.82) is 5.26 Å². The van der Waals surface area contributed by atoms with Crippen molar-refractivity contribution in [3.8, 4) is 11.8 Å². The zero-order chi connectivity index (χ0) is 15.6. The Balaban J connectivity index is 2.61. The Labute approximate surface area is 125 Å². The standard InChI is InChI=1S/C15H13ClF3NO/c1-2-6-21-14-9(8-20)7-11-10(13(14)16)4-3-5-12(11)15(17,18)19/h5,7H,2-4,6H2,1H3. The van der Waals surface area contributed by atoms with Gasteiger partial charge in [-0.15, -0.1) is 0 Å². The molecular weight excluding hydrogens is 303 g/mol. The molecule has 0 spiro atoms. The quantitative estimate of drug-likeness (QED) is 0.795. The number of halogens is 4. The van der Waals surface area contributed by atoms with Crippen LogP contribution in [0.25, 0.3) is 5.57 Å². The summed E-state index contributed by atoms with van der Waals surface area (Å²) in [7, 11) is 0. The molecule has 0 heterocycles. The van der Waals surface area contributed by atoms with Gasteiger partial charge in [-0.3, -0.25) is 0 Å². The summed E-state index contributed by atoms with van der Waals surface area (Å²) in [5.74, 6) is 0.184. The van der Waals surface area contributed by atoms with Crippen LogP contribution in [0.4, 0.5) is 13.2 Å². The molecule has 2 rings (SSSR count). The predicted molar refractivity (Wildman–Crippen MR) is 74.3 cm³/mol. The number of rotatable bonds is 3. The van der Waals surface area contributed by atoms with E-state index in [1.165, 1.54) is 6.07 Å². The minimum Gasteiger partial charge on any atom is -0.491 e. The summed E-state index contributed by atoms with van der Waals surface area (Å²) in [6.45, 7) is 2.25. The first-order valence-electron chi connectivity index (χ1n) is 6.56. The van der Waals surface area contributed by atoms with Crippen LogP contribution in [0.15, 0.2) is 12.1 Å². The summed E-state index contributed by atoms with van der Waals surface area (Å²) in [4.78, 5) is 0. The summed E-state index contributed by atoms with van der Waals surface area (Å²) in [6.07, 6.45) is -1.93. The van der Waals surface area contributed by atoms with Crippen LogP contribution in [0.5, 0.6) is 5.75 Å². The van der Waals surface area contributed by atoms with Crippen molar-refractivity contribution in [2.24, 2.45) is 0 Å². The molecule has 0 radical (unpaired) electrons. The number of benzene rings is 1. The molecule has 6 heteroatoms. The van der Waals surface area contributed by atoms with Crippen molar-refractivity contribution in [1.82, 2.24) is 0 Å². The second-order valence-electron chi connectivity index (χ2n) is 4.71. The molecule has 1 aliphatic carbocycles. The molecule has 1 aromatic rings. The molecule has 0 N–H and O–H groups in total. The number of fused-ring (bicyclic) bond motifs is 1. The summed E-state index contributed by atoms with van der Waals surface area (Å²) in [5, 5.41) is 9.26. The molecule has 1 aromatic carbocycles. The lowest BCUT2D eigenvalue weighted by Gasteiger charge is -2.23. The molecular formula is C15H13ClF3NO. The van der Waals surface area contributed by atoms with E-state index in [4.69, 9.17) is 21.6 Å². The van der Waals surface area contributed by atoms with Gasteiger partial charge in [-0.2, -0.15) is 18.4 Å². The lowest BCUT2D eigenvalue weighted by molar-refractivity contribution is -0.0692. The van der Waals surface area contributed by atoms with Gasteiger partial charge in [-0.1, -0.05) is 24.6 Å². The van der Waals surface area contributed by atoms with Gasteiger partial charge in [-0.25, -0.2) is 0 Å². The number of nitrogens with zero attached hydrogens (tertiary/aromatic N) is 1. The lowest BCUT2D eigenvalue weighted by atomic mass is 9.88. The molecule has 0 fully saturated rings. The average Bonchev–Trinajstić information content (AvgIpc) is 2.44. The molecule has 0 aliphatic heterocycles. The molecule has 0 atom stereocenters. The fourth-order valence-electron chi connectivity index (χ4n) is 2.32. The summed E-state index contributed by atoms with van der Waals surface area (Å²) in [6, 6.07) is 3.09. The Morgan fingerprint density at radius 2 is 2.14 bits per heavy atom. The maximum Gasteiger partial charge on any atom is 0.416 e. The van der Waals surface area contributed by atoms with E-state index in [1.54, 1.807) is 0 Å². The highest BCUT2D eigenvalue weighted by Gasteiger charge is 2.38. The van der Waals surface area contributed by atoms with Gasteiger partial charge in [0.2, 0.25) is 0 Å². The summed E-state index contributed by atoms with van der Waals surface area (Å²) < 4.78 is 44.6. The van der Waals surface area contributed by atoms with E-state index in [2.05, 4.69) is 0 Å². The highest BCUT2D eigenvalue weighted by Crippen LogP contribution is 2.45. The highest BCUT2D eigenvalue weighted by atomic mass is 35.5. The van der Waals surface area contributed by atoms with Gasteiger partial charge < -0.3 is 4.74 Å². The fraction of sp³-hybridized carbons (Fsp3) is 0.400. The van der Waals surface area contributed by atoms with Gasteiger partial charge in [0.05, 0.1) is 22.8 Å². The molecule has 0 bridgehead atoms. The van der Waals surface area contributed by atoms with E-state index in [0.717, 1.165) is 6.08 Å². The predicted octanol–water partition coefficient (Wildman–Crippen LogP) is 4.89. The Bertz CT molecular complexity index is 629. The number of hydrogen-bond donors (Lipinski definition) is 0. The Morgan fingerprint density at radius 1 is 1.43 bits per heavy atom. The van der Waals surface area contributed by atoms with Crippen molar-refractivity contribution in [2.75, 3.05) is 6.61 Å². The van der Waals surface area contributed by atoms with Gasteiger partial charge in [-0.05, 0) is 36.5 Å². The van der Waals surface area contributed by atoms with Crippen molar-refractivity contribution in [3.05, 3.63) is 33.9 Å². The van der Waals surface area contributed by atoms with Gasteiger partial charge >= 0.3 is 6.18 Å². The Kier molecular flexibility index (Phi) is 4.48. The second kappa shape index (κ2) is 5.98. The number of allylic oxidation sites excluding steroid dienone is 2. The normalized spacial score (nSPS) is 14.2. The van der Waals surface area contributed by atoms with Crippen LogP contribution in [0.1, 0.15) is 36.5 Å². The molecule has 1 aliphatic rings. The molecule has 2 nitrogen and oxygen atoms in total. The van der Waals surface area contributed by atoms with Crippen LogP contribution in [-0.2, 0) is 6.42 Å². The third-order valence-electron chi connectivity index (χ3n) is 3.23. The minimum atomic E-state index is -4.46. The molecule has 112 valence electrons. The van der Waals surface area contributed by atoms with E-state index < -0.39 is 11.7 Å². The van der Waals surface area contributed by atoms with Gasteiger partial charge in [0.25, 0.3) is 0 Å². The zero-order valence-electron chi connectivity index (χ0n) is 11.4. The van der Waals surface area contributed by atoms with Gasteiger partial charge in [0.1, 0.15) is 6.07 Å². The number of ether oxygens (including phenoxy) is 1. The van der Waals surface area contributed by atoms with Crippen LogP contribution in [-0.4, -0.2) is 12.8 Å². The first-order valence-corrected chi connectivity index (χ1v) is 6.94. The highest BCUT2D eigenvalue weighted by molar-refractivity contribution is 6.33. The molecule has 21 heavy (non-hydrogen) atoms. The third kappa shape index (κ3) is 3.01. The molecule has 0 aromatic heterocycles. The van der Waals surface area contributed by atoms with E-state index in [-0.39, 0.29) is 28.3 Å². The van der Waals surface area contributed by atoms with E-state index in [9.17, 15) is 13.2 Å². The Morgan fingerprint density at radius 3 is 2.71 bits per heavy atom. The second-order valence-corrected chi connectivity index (χ2v) is 5.09. The maximum absolute atomic E-state index is 13.1. The maximum atomic E-state index is 13.1. The third-order valence-corrected chi connectivity index (χ3v) is 3.63. The smallest absolute Gasteiger partial charge is 0.416 e. The van der Waals surface area contributed by atoms with Crippen molar-refractivity contribution < 1.29 is 17.9 Å². The zero-order valence-corrected chi connectivity index (χ0v) is 12.1. The van der Waals surface area contributed by atoms with Crippen LogP contribution in [0, 0.1) is 11.3 Å². The van der Waals surface area contributed by atoms with Crippen LogP contribution < -0.4 is 4.74 Å². The minimum absolute atomic E-state index is 0.0147. The van der Waals surface area contributed by atoms with Crippen LogP contribution in [0.3, 0.4) is 0 Å². The fourth-order valence-corrected chi connectivity index (χ4v) is 2.68. The number of hydrogen-bond acceptors (Lipinski definition) is 2. The van der Waals surface area contributed by atoms with E-state index in [1.807, 2.05) is 13.0 Å². The van der Waals surface area contributed by atoms with Crippen molar-refractivity contribution in [3.63, 3.8) is 0 Å². The monoisotopic (exact) mass is 315 g/mol. The van der Waals surface area contributed by atoms with Crippen molar-refractivity contribution in [2.45, 2.75) is 32.4 Å². The topological polar surface area (TPSA) is 33.0 Å². The van der Waals surface area contributed by atoms with Gasteiger partial charge in [0.15, 0.2) is 5.75 Å². The van der Waals surface area contributed by atoms with Gasteiger partial charge in [0, 0.05) is 0 Å². The summed E-state index contributed by atoms with van der Waals surface area (Å²) >= 11 is 6.19. The summed E-state index contributed by atoms with van der Waals surface area (Å²) in [5.41, 5.74) is -0.316. The SMILES string of the molecule is CCCOc1c(C#N)cc2c(c1Cl)CCC=C2C(F)(F)F. The van der Waals surface area contributed by atoms with E-state index in [0.29, 0.717) is 25.0 Å². The number of alkyl halides is 3. The molecule has 0 unspecified atom stereocenters. The van der Waals surface area contributed by atoms with Crippen LogP contribution in [0.2, 0.25) is 5.02 Å². The average molecular weight is 316 g/mol.